The van der Waals surface area contributed by atoms with Crippen LogP contribution in [0, 0.1) is 11.6 Å². The van der Waals surface area contributed by atoms with Crippen molar-refractivity contribution in [3.05, 3.63) is 53.6 Å². The predicted octanol–water partition coefficient (Wildman–Crippen LogP) is 2.86. The molecule has 0 aromatic heterocycles. The maximum atomic E-state index is 13.5. The summed E-state index contributed by atoms with van der Waals surface area (Å²) in [6.07, 6.45) is 0.539. The minimum absolute atomic E-state index is 0.00126. The Labute approximate surface area is 163 Å². The van der Waals surface area contributed by atoms with Crippen molar-refractivity contribution in [2.45, 2.75) is 13.3 Å². The molecule has 0 unspecified atom stereocenters. The van der Waals surface area contributed by atoms with Crippen LogP contribution in [0.1, 0.15) is 12.5 Å². The summed E-state index contributed by atoms with van der Waals surface area (Å²) < 4.78 is 36.8. The van der Waals surface area contributed by atoms with E-state index in [-0.39, 0.29) is 18.1 Å². The first-order valence-corrected chi connectivity index (χ1v) is 9.00. The predicted molar refractivity (Wildman–Crippen MR) is 104 cm³/mol. The van der Waals surface area contributed by atoms with Gasteiger partial charge in [-0.05, 0) is 37.1 Å². The Balaban J connectivity index is 1.83. The summed E-state index contributed by atoms with van der Waals surface area (Å²) in [5.41, 5.74) is 0.745. The number of nitrogens with zero attached hydrogens (tertiary/aromatic N) is 1. The van der Waals surface area contributed by atoms with E-state index in [0.717, 1.165) is 17.7 Å². The highest BCUT2D eigenvalue weighted by atomic mass is 19.1. The molecule has 6 nitrogen and oxygen atoms in total. The number of hydrogen-bond donors (Lipinski definition) is 3. The standard InChI is InChI=1S/C20H25F2N3O3/c1-3-23-20(24-10-9-14-5-4-6-18(27-2)19(14)26)25-11-12-28-17-8-7-15(21)13-16(17)22/h4-8,13,26H,3,9-12H2,1-2H3,(H2,23,24,25). The number of ether oxygens (including phenoxy) is 2. The number of guanidine groups is 1. The van der Waals surface area contributed by atoms with E-state index in [1.54, 1.807) is 6.07 Å². The summed E-state index contributed by atoms with van der Waals surface area (Å²) in [5, 5.41) is 16.3. The van der Waals surface area contributed by atoms with Crippen molar-refractivity contribution in [1.29, 1.82) is 0 Å². The molecule has 0 heterocycles. The molecule has 0 bridgehead atoms. The summed E-state index contributed by atoms with van der Waals surface area (Å²) in [5.74, 6) is -0.262. The van der Waals surface area contributed by atoms with Crippen LogP contribution in [0.2, 0.25) is 0 Å². The van der Waals surface area contributed by atoms with E-state index >= 15 is 0 Å². The van der Waals surface area contributed by atoms with E-state index in [2.05, 4.69) is 15.6 Å². The van der Waals surface area contributed by atoms with Crippen molar-refractivity contribution < 1.29 is 23.4 Å². The first-order chi connectivity index (χ1) is 13.5. The fraction of sp³-hybridized carbons (Fsp3) is 0.350. The van der Waals surface area contributed by atoms with Gasteiger partial charge in [-0.1, -0.05) is 12.1 Å². The molecule has 2 aromatic rings. The van der Waals surface area contributed by atoms with Gasteiger partial charge >= 0.3 is 0 Å². The number of hydrogen-bond acceptors (Lipinski definition) is 4. The molecule has 0 aliphatic rings. The Hall–Kier alpha value is -3.03. The summed E-state index contributed by atoms with van der Waals surface area (Å²) in [7, 11) is 1.50. The van der Waals surface area contributed by atoms with Crippen molar-refractivity contribution in [3.8, 4) is 17.2 Å². The van der Waals surface area contributed by atoms with Gasteiger partial charge < -0.3 is 25.2 Å². The van der Waals surface area contributed by atoms with E-state index in [1.165, 1.54) is 13.2 Å². The molecule has 0 aliphatic carbocycles. The third-order valence-electron chi connectivity index (χ3n) is 3.84. The number of nitrogens with one attached hydrogen (secondary N) is 2. The number of phenols is 1. The molecule has 3 N–H and O–H groups in total. The van der Waals surface area contributed by atoms with Crippen LogP contribution in [-0.4, -0.2) is 44.4 Å². The third-order valence-corrected chi connectivity index (χ3v) is 3.84. The Morgan fingerprint density at radius 3 is 2.68 bits per heavy atom. The van der Waals surface area contributed by atoms with E-state index < -0.39 is 11.6 Å². The number of aliphatic imine (C=N–C) groups is 1. The molecular formula is C20H25F2N3O3. The minimum Gasteiger partial charge on any atom is -0.504 e. The van der Waals surface area contributed by atoms with Crippen LogP contribution in [-0.2, 0) is 6.42 Å². The number of benzene rings is 2. The monoisotopic (exact) mass is 393 g/mol. The molecule has 0 spiro atoms. The first kappa shape index (κ1) is 21.3. The normalized spacial score (nSPS) is 11.2. The van der Waals surface area contributed by atoms with Crippen LogP contribution < -0.4 is 20.1 Å². The van der Waals surface area contributed by atoms with Gasteiger partial charge in [0.1, 0.15) is 12.4 Å². The molecule has 0 amide bonds. The van der Waals surface area contributed by atoms with Crippen LogP contribution in [0.4, 0.5) is 8.78 Å². The number of para-hydroxylation sites is 1. The number of halogens is 2. The minimum atomic E-state index is -0.737. The van der Waals surface area contributed by atoms with Gasteiger partial charge in [-0.3, -0.25) is 4.99 Å². The highest BCUT2D eigenvalue weighted by Gasteiger charge is 2.07. The van der Waals surface area contributed by atoms with Crippen molar-refractivity contribution >= 4 is 5.96 Å². The van der Waals surface area contributed by atoms with Crippen molar-refractivity contribution in [1.82, 2.24) is 10.6 Å². The van der Waals surface area contributed by atoms with E-state index in [1.807, 2.05) is 19.1 Å². The van der Waals surface area contributed by atoms with Gasteiger partial charge in [-0.2, -0.15) is 0 Å². The molecule has 0 saturated carbocycles. The lowest BCUT2D eigenvalue weighted by Gasteiger charge is -2.13. The smallest absolute Gasteiger partial charge is 0.191 e. The summed E-state index contributed by atoms with van der Waals surface area (Å²) >= 11 is 0. The zero-order valence-corrected chi connectivity index (χ0v) is 16.0. The average molecular weight is 393 g/mol. The van der Waals surface area contributed by atoms with Crippen LogP contribution in [0.25, 0.3) is 0 Å². The average Bonchev–Trinajstić information content (AvgIpc) is 2.67. The lowest BCUT2D eigenvalue weighted by molar-refractivity contribution is 0.304. The second-order valence-electron chi connectivity index (χ2n) is 5.83. The number of rotatable bonds is 9. The SMILES string of the molecule is CCNC(=NCCc1cccc(OC)c1O)NCCOc1ccc(F)cc1F. The molecule has 2 aromatic carbocycles. The van der Waals surface area contributed by atoms with Crippen LogP contribution in [0.3, 0.4) is 0 Å². The highest BCUT2D eigenvalue weighted by Crippen LogP contribution is 2.29. The van der Waals surface area contributed by atoms with Gasteiger partial charge in [0.15, 0.2) is 29.0 Å². The molecule has 28 heavy (non-hydrogen) atoms. The number of aromatic hydroxyl groups is 1. The van der Waals surface area contributed by atoms with Gasteiger partial charge in [0.2, 0.25) is 0 Å². The van der Waals surface area contributed by atoms with Gasteiger partial charge in [-0.15, -0.1) is 0 Å². The Kier molecular flexibility index (Phi) is 8.33. The van der Waals surface area contributed by atoms with Crippen molar-refractivity contribution in [2.75, 3.05) is 33.4 Å². The molecule has 0 radical (unpaired) electrons. The zero-order chi connectivity index (χ0) is 20.4. The van der Waals surface area contributed by atoms with Crippen molar-refractivity contribution in [3.63, 3.8) is 0 Å². The van der Waals surface area contributed by atoms with Gasteiger partial charge in [0.25, 0.3) is 0 Å². The van der Waals surface area contributed by atoms with E-state index in [9.17, 15) is 13.9 Å². The highest BCUT2D eigenvalue weighted by molar-refractivity contribution is 5.79. The molecule has 152 valence electrons. The third kappa shape index (κ3) is 6.29. The zero-order valence-electron chi connectivity index (χ0n) is 16.0. The Bertz CT molecular complexity index is 800. The van der Waals surface area contributed by atoms with Crippen LogP contribution >= 0.6 is 0 Å². The Morgan fingerprint density at radius 1 is 1.14 bits per heavy atom. The lowest BCUT2D eigenvalue weighted by atomic mass is 10.1. The largest absolute Gasteiger partial charge is 0.504 e. The van der Waals surface area contributed by atoms with Crippen molar-refractivity contribution in [2.24, 2.45) is 4.99 Å². The maximum Gasteiger partial charge on any atom is 0.191 e. The second kappa shape index (κ2) is 11.0. The number of phenolic OH excluding ortho intramolecular Hbond substituents is 1. The first-order valence-electron chi connectivity index (χ1n) is 9.00. The second-order valence-corrected chi connectivity index (χ2v) is 5.83. The van der Waals surface area contributed by atoms with E-state index in [0.29, 0.717) is 37.8 Å². The van der Waals surface area contributed by atoms with Gasteiger partial charge in [0.05, 0.1) is 13.7 Å². The van der Waals surface area contributed by atoms with Crippen LogP contribution in [0.15, 0.2) is 41.4 Å². The molecular weight excluding hydrogens is 368 g/mol. The Morgan fingerprint density at radius 2 is 1.96 bits per heavy atom. The molecule has 0 aliphatic heterocycles. The van der Waals surface area contributed by atoms with E-state index in [4.69, 9.17) is 9.47 Å². The lowest BCUT2D eigenvalue weighted by Crippen LogP contribution is -2.39. The topological polar surface area (TPSA) is 75.1 Å². The van der Waals surface area contributed by atoms with Gasteiger partial charge in [-0.25, -0.2) is 8.78 Å². The molecule has 8 heteroatoms. The number of methoxy groups -OCH3 is 1. The summed E-state index contributed by atoms with van der Waals surface area (Å²) in [4.78, 5) is 4.44. The molecule has 2 rings (SSSR count). The summed E-state index contributed by atoms with van der Waals surface area (Å²) in [6, 6.07) is 8.50. The molecule has 0 saturated heterocycles. The van der Waals surface area contributed by atoms with Gasteiger partial charge in [0, 0.05) is 19.2 Å². The fourth-order valence-corrected chi connectivity index (χ4v) is 2.49. The quantitative estimate of drug-likeness (QED) is 0.347. The summed E-state index contributed by atoms with van der Waals surface area (Å²) in [6.45, 7) is 3.62. The molecule has 0 atom stereocenters. The fourth-order valence-electron chi connectivity index (χ4n) is 2.49. The molecule has 0 fully saturated rings. The van der Waals surface area contributed by atoms with Crippen LogP contribution in [0.5, 0.6) is 17.2 Å². The maximum absolute atomic E-state index is 13.5.